The molecular formula is C10H10F3NO4. The Morgan fingerprint density at radius 1 is 1.33 bits per heavy atom. The van der Waals surface area contributed by atoms with Crippen LogP contribution in [0, 0.1) is 0 Å². The minimum absolute atomic E-state index is 0.432. The Bertz CT molecular complexity index is 435. The molecule has 0 aromatic carbocycles. The van der Waals surface area contributed by atoms with E-state index in [0.717, 1.165) is 12.1 Å². The summed E-state index contributed by atoms with van der Waals surface area (Å²) in [6.45, 7) is 0. The molecule has 0 aliphatic rings. The number of aliphatic hydroxyl groups is 2. The van der Waals surface area contributed by atoms with E-state index in [9.17, 15) is 28.2 Å². The van der Waals surface area contributed by atoms with Gasteiger partial charge in [0, 0.05) is 0 Å². The van der Waals surface area contributed by atoms with Crippen molar-refractivity contribution in [3.05, 3.63) is 29.6 Å². The van der Waals surface area contributed by atoms with E-state index in [-0.39, 0.29) is 0 Å². The monoisotopic (exact) mass is 265 g/mol. The number of pyridine rings is 1. The van der Waals surface area contributed by atoms with Gasteiger partial charge >= 0.3 is 12.1 Å². The minimum Gasteiger partial charge on any atom is -0.481 e. The first-order valence-electron chi connectivity index (χ1n) is 4.84. The number of aliphatic carboxylic acids is 1. The molecule has 0 saturated carbocycles. The van der Waals surface area contributed by atoms with Crippen molar-refractivity contribution in [2.45, 2.75) is 24.8 Å². The lowest BCUT2D eigenvalue weighted by molar-refractivity contribution is -0.143. The Morgan fingerprint density at radius 3 is 2.44 bits per heavy atom. The molecule has 1 aromatic heterocycles. The summed E-state index contributed by atoms with van der Waals surface area (Å²) in [6, 6.07) is 2.80. The van der Waals surface area contributed by atoms with Gasteiger partial charge in [-0.15, -0.1) is 0 Å². The molecule has 8 heteroatoms. The quantitative estimate of drug-likeness (QED) is 0.754. The molecule has 0 spiro atoms. The normalized spacial score (nSPS) is 15.2. The van der Waals surface area contributed by atoms with E-state index in [2.05, 4.69) is 4.98 Å². The maximum Gasteiger partial charge on any atom is 0.433 e. The highest BCUT2D eigenvalue weighted by Crippen LogP contribution is 2.28. The molecule has 100 valence electrons. The largest absolute Gasteiger partial charge is 0.481 e. The summed E-state index contributed by atoms with van der Waals surface area (Å²) in [5.41, 5.74) is -1.65. The lowest BCUT2D eigenvalue weighted by Crippen LogP contribution is -2.23. The summed E-state index contributed by atoms with van der Waals surface area (Å²) >= 11 is 0. The Labute approximate surface area is 99.5 Å². The van der Waals surface area contributed by atoms with E-state index < -0.39 is 42.2 Å². The number of aromatic nitrogens is 1. The summed E-state index contributed by atoms with van der Waals surface area (Å²) in [4.78, 5) is 13.4. The summed E-state index contributed by atoms with van der Waals surface area (Å²) in [5, 5.41) is 27.2. The fourth-order valence-corrected chi connectivity index (χ4v) is 1.26. The zero-order chi connectivity index (χ0) is 13.9. The van der Waals surface area contributed by atoms with Gasteiger partial charge in [-0.25, -0.2) is 4.98 Å². The van der Waals surface area contributed by atoms with Crippen LogP contribution in [0.3, 0.4) is 0 Å². The molecule has 2 unspecified atom stereocenters. The fraction of sp³-hybridized carbons (Fsp3) is 0.400. The molecule has 0 saturated heterocycles. The van der Waals surface area contributed by atoms with Crippen LogP contribution in [0.4, 0.5) is 13.2 Å². The highest BCUT2D eigenvalue weighted by Gasteiger charge is 2.33. The summed E-state index contributed by atoms with van der Waals surface area (Å²) < 4.78 is 37.0. The van der Waals surface area contributed by atoms with Gasteiger partial charge in [0.05, 0.1) is 18.2 Å². The van der Waals surface area contributed by atoms with Gasteiger partial charge in [0.1, 0.15) is 11.8 Å². The molecule has 3 N–H and O–H groups in total. The van der Waals surface area contributed by atoms with Crippen molar-refractivity contribution in [3.63, 3.8) is 0 Å². The standard InChI is InChI=1S/C10H10F3NO4/c11-10(12,13)7-3-1-2-5(14-7)9(18)6(15)4-8(16)17/h1-3,6,9,15,18H,4H2,(H,16,17). The van der Waals surface area contributed by atoms with Gasteiger partial charge in [0.2, 0.25) is 0 Å². The van der Waals surface area contributed by atoms with Crippen LogP contribution in [0.2, 0.25) is 0 Å². The van der Waals surface area contributed by atoms with E-state index in [1.807, 2.05) is 0 Å². The number of alkyl halides is 3. The van der Waals surface area contributed by atoms with E-state index in [0.29, 0.717) is 6.07 Å². The van der Waals surface area contributed by atoms with Crippen LogP contribution < -0.4 is 0 Å². The zero-order valence-electron chi connectivity index (χ0n) is 8.92. The minimum atomic E-state index is -4.67. The third kappa shape index (κ3) is 3.67. The Hall–Kier alpha value is -1.67. The van der Waals surface area contributed by atoms with Crippen molar-refractivity contribution in [2.75, 3.05) is 0 Å². The van der Waals surface area contributed by atoms with Crippen molar-refractivity contribution >= 4 is 5.97 Å². The number of rotatable bonds is 4. The van der Waals surface area contributed by atoms with Gasteiger partial charge in [-0.1, -0.05) is 6.07 Å². The summed E-state index contributed by atoms with van der Waals surface area (Å²) in [6.07, 6.45) is -8.98. The number of carboxylic acids is 1. The third-order valence-electron chi connectivity index (χ3n) is 2.11. The second kappa shape index (κ2) is 5.32. The van der Waals surface area contributed by atoms with Crippen molar-refractivity contribution in [1.29, 1.82) is 0 Å². The number of carbonyl (C=O) groups is 1. The van der Waals surface area contributed by atoms with E-state index in [1.165, 1.54) is 0 Å². The van der Waals surface area contributed by atoms with E-state index in [4.69, 9.17) is 5.11 Å². The number of hydrogen-bond acceptors (Lipinski definition) is 4. The number of carboxylic acid groups (broad SMARTS) is 1. The number of aliphatic hydroxyl groups excluding tert-OH is 2. The molecule has 0 amide bonds. The van der Waals surface area contributed by atoms with Crippen LogP contribution in [-0.4, -0.2) is 32.4 Å². The topological polar surface area (TPSA) is 90.7 Å². The van der Waals surface area contributed by atoms with Gasteiger partial charge in [-0.05, 0) is 12.1 Å². The second-order valence-electron chi connectivity index (χ2n) is 3.56. The van der Waals surface area contributed by atoms with Crippen molar-refractivity contribution < 1.29 is 33.3 Å². The average Bonchev–Trinajstić information content (AvgIpc) is 2.26. The Balaban J connectivity index is 2.93. The van der Waals surface area contributed by atoms with Crippen LogP contribution in [0.25, 0.3) is 0 Å². The molecule has 0 radical (unpaired) electrons. The molecule has 2 atom stereocenters. The third-order valence-corrected chi connectivity index (χ3v) is 2.11. The lowest BCUT2D eigenvalue weighted by Gasteiger charge is -2.16. The van der Waals surface area contributed by atoms with Crippen LogP contribution in [0.1, 0.15) is 23.9 Å². The second-order valence-corrected chi connectivity index (χ2v) is 3.56. The highest BCUT2D eigenvalue weighted by atomic mass is 19.4. The van der Waals surface area contributed by atoms with Gasteiger partial charge in [0.15, 0.2) is 0 Å². The molecule has 18 heavy (non-hydrogen) atoms. The lowest BCUT2D eigenvalue weighted by atomic mass is 10.1. The Kier molecular flexibility index (Phi) is 4.25. The predicted octanol–water partition coefficient (Wildman–Crippen LogP) is 0.969. The molecule has 0 bridgehead atoms. The van der Waals surface area contributed by atoms with E-state index in [1.54, 1.807) is 0 Å². The SMILES string of the molecule is O=C(O)CC(O)C(O)c1cccc(C(F)(F)F)n1. The fourth-order valence-electron chi connectivity index (χ4n) is 1.26. The number of hydrogen-bond donors (Lipinski definition) is 3. The summed E-state index contributed by atoms with van der Waals surface area (Å²) in [5.74, 6) is -1.38. The molecule has 0 fully saturated rings. The average molecular weight is 265 g/mol. The number of nitrogens with zero attached hydrogens (tertiary/aromatic N) is 1. The first-order valence-corrected chi connectivity index (χ1v) is 4.84. The molecule has 0 aliphatic carbocycles. The molecule has 5 nitrogen and oxygen atoms in total. The maximum absolute atomic E-state index is 12.3. The molecule has 0 aliphatic heterocycles. The predicted molar refractivity (Wildman–Crippen MR) is 52.5 cm³/mol. The Morgan fingerprint density at radius 2 is 1.94 bits per heavy atom. The van der Waals surface area contributed by atoms with Gasteiger partial charge in [0.25, 0.3) is 0 Å². The van der Waals surface area contributed by atoms with Crippen molar-refractivity contribution in [1.82, 2.24) is 4.98 Å². The van der Waals surface area contributed by atoms with Crippen molar-refractivity contribution in [3.8, 4) is 0 Å². The molecular weight excluding hydrogens is 255 g/mol. The number of halogens is 3. The van der Waals surface area contributed by atoms with Crippen LogP contribution >= 0.6 is 0 Å². The van der Waals surface area contributed by atoms with Gasteiger partial charge < -0.3 is 15.3 Å². The summed E-state index contributed by atoms with van der Waals surface area (Å²) in [7, 11) is 0. The van der Waals surface area contributed by atoms with Crippen molar-refractivity contribution in [2.24, 2.45) is 0 Å². The van der Waals surface area contributed by atoms with Crippen LogP contribution in [0.5, 0.6) is 0 Å². The van der Waals surface area contributed by atoms with Gasteiger partial charge in [-0.3, -0.25) is 4.79 Å². The van der Waals surface area contributed by atoms with Crippen LogP contribution in [0.15, 0.2) is 18.2 Å². The highest BCUT2D eigenvalue weighted by molar-refractivity contribution is 5.67. The molecule has 1 heterocycles. The van der Waals surface area contributed by atoms with E-state index >= 15 is 0 Å². The van der Waals surface area contributed by atoms with Gasteiger partial charge in [-0.2, -0.15) is 13.2 Å². The molecule has 1 aromatic rings. The maximum atomic E-state index is 12.3. The first kappa shape index (κ1) is 14.4. The zero-order valence-corrected chi connectivity index (χ0v) is 8.92. The first-order chi connectivity index (χ1) is 8.21. The smallest absolute Gasteiger partial charge is 0.433 e. The molecule has 1 rings (SSSR count). The van der Waals surface area contributed by atoms with Crippen LogP contribution in [-0.2, 0) is 11.0 Å².